The first kappa shape index (κ1) is 16.0. The van der Waals surface area contributed by atoms with Crippen LogP contribution in [0.25, 0.3) is 0 Å². The van der Waals surface area contributed by atoms with E-state index in [0.29, 0.717) is 12.2 Å². The molecule has 110 valence electrons. The molecule has 0 aliphatic heterocycles. The molecule has 19 heavy (non-hydrogen) atoms. The number of aromatic amines is 1. The minimum absolute atomic E-state index is 0.0771. The average Bonchev–Trinajstić information content (AvgIpc) is 2.63. The Hall–Kier alpha value is -1.06. The van der Waals surface area contributed by atoms with E-state index in [1.807, 2.05) is 4.72 Å². The van der Waals surface area contributed by atoms with Crippen LogP contribution in [0.15, 0.2) is 17.2 Å². The number of hydrogen-bond acceptors (Lipinski definition) is 3. The zero-order valence-electron chi connectivity index (χ0n) is 10.5. The predicted octanol–water partition coefficient (Wildman–Crippen LogP) is 1.35. The monoisotopic (exact) mass is 299 g/mol. The van der Waals surface area contributed by atoms with Gasteiger partial charge in [0, 0.05) is 24.5 Å². The summed E-state index contributed by atoms with van der Waals surface area (Å²) in [5, 5.41) is 2.83. The van der Waals surface area contributed by atoms with E-state index in [2.05, 4.69) is 10.3 Å². The quantitative estimate of drug-likeness (QED) is 0.742. The highest BCUT2D eigenvalue weighted by Gasteiger charge is 2.32. The molecule has 1 unspecified atom stereocenters. The third-order valence-electron chi connectivity index (χ3n) is 2.29. The molecule has 0 saturated heterocycles. The first-order valence-electron chi connectivity index (χ1n) is 5.55. The zero-order valence-corrected chi connectivity index (χ0v) is 11.3. The maximum atomic E-state index is 12.1. The van der Waals surface area contributed by atoms with Gasteiger partial charge >= 0.3 is 6.18 Å². The van der Waals surface area contributed by atoms with Crippen molar-refractivity contribution in [1.29, 1.82) is 0 Å². The second kappa shape index (κ2) is 5.93. The van der Waals surface area contributed by atoms with Gasteiger partial charge in [-0.25, -0.2) is 13.1 Å². The van der Waals surface area contributed by atoms with E-state index < -0.39 is 28.7 Å². The van der Waals surface area contributed by atoms with Crippen molar-refractivity contribution in [2.24, 2.45) is 0 Å². The Kier molecular flexibility index (Phi) is 4.99. The first-order chi connectivity index (χ1) is 8.64. The summed E-state index contributed by atoms with van der Waals surface area (Å²) in [5.74, 6) is 0. The van der Waals surface area contributed by atoms with E-state index >= 15 is 0 Å². The highest BCUT2D eigenvalue weighted by molar-refractivity contribution is 7.89. The average molecular weight is 299 g/mol. The van der Waals surface area contributed by atoms with Gasteiger partial charge in [-0.2, -0.15) is 13.2 Å². The minimum atomic E-state index is -4.41. The van der Waals surface area contributed by atoms with E-state index in [1.54, 1.807) is 7.05 Å². The van der Waals surface area contributed by atoms with Gasteiger partial charge in [0.05, 0.1) is 11.3 Å². The van der Waals surface area contributed by atoms with E-state index in [9.17, 15) is 21.6 Å². The van der Waals surface area contributed by atoms with Gasteiger partial charge in [0.25, 0.3) is 0 Å². The third-order valence-corrected chi connectivity index (χ3v) is 3.86. The van der Waals surface area contributed by atoms with Gasteiger partial charge in [0.15, 0.2) is 0 Å². The molecule has 1 aromatic rings. The fraction of sp³-hybridized carbons (Fsp3) is 0.600. The maximum absolute atomic E-state index is 12.1. The maximum Gasteiger partial charge on any atom is 0.390 e. The van der Waals surface area contributed by atoms with Crippen LogP contribution in [0.5, 0.6) is 0 Å². The Morgan fingerprint density at radius 3 is 2.58 bits per heavy atom. The van der Waals surface area contributed by atoms with Gasteiger partial charge in [0.1, 0.15) is 0 Å². The van der Waals surface area contributed by atoms with Crippen LogP contribution in [0.1, 0.15) is 19.0 Å². The van der Waals surface area contributed by atoms with E-state index in [0.717, 1.165) is 0 Å². The smallest absolute Gasteiger partial charge is 0.363 e. The van der Waals surface area contributed by atoms with Gasteiger partial charge < -0.3 is 10.3 Å². The van der Waals surface area contributed by atoms with E-state index in [-0.39, 0.29) is 4.90 Å². The SMILES string of the molecule is CNCc1cc(S(=O)(=O)NC(C)CC(F)(F)F)c[nH]1. The lowest BCUT2D eigenvalue weighted by Gasteiger charge is -2.15. The number of rotatable bonds is 6. The lowest BCUT2D eigenvalue weighted by atomic mass is 10.2. The molecule has 0 fully saturated rings. The van der Waals surface area contributed by atoms with Crippen molar-refractivity contribution in [3.8, 4) is 0 Å². The molecule has 1 aromatic heterocycles. The highest BCUT2D eigenvalue weighted by atomic mass is 32.2. The molecule has 0 radical (unpaired) electrons. The minimum Gasteiger partial charge on any atom is -0.363 e. The Labute approximate surface area is 109 Å². The summed E-state index contributed by atoms with van der Waals surface area (Å²) in [6.07, 6.45) is -4.37. The standard InChI is InChI=1S/C10H16F3N3O2S/c1-7(4-10(11,12)13)16-19(17,18)9-3-8(5-14-2)15-6-9/h3,6-7,14-16H,4-5H2,1-2H3. The summed E-state index contributed by atoms with van der Waals surface area (Å²) in [7, 11) is -2.25. The van der Waals surface area contributed by atoms with Crippen LogP contribution in [-0.4, -0.2) is 32.7 Å². The number of nitrogens with one attached hydrogen (secondary N) is 3. The Morgan fingerprint density at radius 1 is 1.42 bits per heavy atom. The molecular weight excluding hydrogens is 283 g/mol. The molecule has 3 N–H and O–H groups in total. The molecule has 5 nitrogen and oxygen atoms in total. The van der Waals surface area contributed by atoms with Crippen LogP contribution in [0.3, 0.4) is 0 Å². The van der Waals surface area contributed by atoms with Gasteiger partial charge in [-0.1, -0.05) is 0 Å². The summed E-state index contributed by atoms with van der Waals surface area (Å²) < 4.78 is 62.1. The summed E-state index contributed by atoms with van der Waals surface area (Å²) in [6.45, 7) is 1.61. The van der Waals surface area contributed by atoms with E-state index in [1.165, 1.54) is 19.2 Å². The highest BCUT2D eigenvalue weighted by Crippen LogP contribution is 2.22. The largest absolute Gasteiger partial charge is 0.390 e. The number of hydrogen-bond donors (Lipinski definition) is 3. The molecule has 0 spiro atoms. The van der Waals surface area contributed by atoms with Crippen LogP contribution >= 0.6 is 0 Å². The lowest BCUT2D eigenvalue weighted by Crippen LogP contribution is -2.35. The lowest BCUT2D eigenvalue weighted by molar-refractivity contribution is -0.137. The zero-order chi connectivity index (χ0) is 14.7. The van der Waals surface area contributed by atoms with Crippen LogP contribution in [-0.2, 0) is 16.6 Å². The second-order valence-corrected chi connectivity index (χ2v) is 5.95. The fourth-order valence-corrected chi connectivity index (χ4v) is 2.85. The van der Waals surface area contributed by atoms with Gasteiger partial charge in [-0.05, 0) is 20.0 Å². The van der Waals surface area contributed by atoms with Crippen LogP contribution in [0.4, 0.5) is 13.2 Å². The molecule has 1 heterocycles. The van der Waals surface area contributed by atoms with Crippen LogP contribution in [0.2, 0.25) is 0 Å². The van der Waals surface area contributed by atoms with Crippen molar-refractivity contribution in [1.82, 2.24) is 15.0 Å². The molecule has 0 bridgehead atoms. The van der Waals surface area contributed by atoms with Crippen LogP contribution in [0, 0.1) is 0 Å². The number of alkyl halides is 3. The topological polar surface area (TPSA) is 74.0 Å². The fourth-order valence-electron chi connectivity index (χ4n) is 1.59. The van der Waals surface area contributed by atoms with Crippen LogP contribution < -0.4 is 10.0 Å². The van der Waals surface area contributed by atoms with Crippen molar-refractivity contribution in [2.45, 2.75) is 37.0 Å². The molecule has 9 heteroatoms. The first-order valence-corrected chi connectivity index (χ1v) is 7.03. The summed E-state index contributed by atoms with van der Waals surface area (Å²) >= 11 is 0. The van der Waals surface area contributed by atoms with Crippen molar-refractivity contribution in [3.05, 3.63) is 18.0 Å². The number of H-pyrrole nitrogens is 1. The number of sulfonamides is 1. The Morgan fingerprint density at radius 2 is 2.05 bits per heavy atom. The molecule has 1 rings (SSSR count). The number of halogens is 3. The molecule has 0 amide bonds. The van der Waals surface area contributed by atoms with Crippen molar-refractivity contribution >= 4 is 10.0 Å². The molecule has 0 aliphatic carbocycles. The predicted molar refractivity (Wildman–Crippen MR) is 64.0 cm³/mol. The molecule has 1 atom stereocenters. The molecular formula is C10H16F3N3O2S. The molecule has 0 saturated carbocycles. The van der Waals surface area contributed by atoms with Crippen molar-refractivity contribution in [2.75, 3.05) is 7.05 Å². The van der Waals surface area contributed by atoms with Crippen molar-refractivity contribution in [3.63, 3.8) is 0 Å². The molecule has 0 aliphatic rings. The van der Waals surface area contributed by atoms with Crippen molar-refractivity contribution < 1.29 is 21.6 Å². The third kappa shape index (κ3) is 5.21. The summed E-state index contributed by atoms with van der Waals surface area (Å²) in [5.41, 5.74) is 0.631. The van der Waals surface area contributed by atoms with E-state index in [4.69, 9.17) is 0 Å². The summed E-state index contributed by atoms with van der Waals surface area (Å²) in [4.78, 5) is 2.65. The Balaban J connectivity index is 2.74. The normalized spacial score (nSPS) is 14.6. The second-order valence-electron chi connectivity index (χ2n) is 4.23. The van der Waals surface area contributed by atoms with Gasteiger partial charge in [0.2, 0.25) is 10.0 Å². The van der Waals surface area contributed by atoms with Gasteiger partial charge in [-0.15, -0.1) is 0 Å². The summed E-state index contributed by atoms with van der Waals surface area (Å²) in [6, 6.07) is 0.159. The van der Waals surface area contributed by atoms with Gasteiger partial charge in [-0.3, -0.25) is 0 Å². The number of aromatic nitrogens is 1. The molecule has 0 aromatic carbocycles. The Bertz CT molecular complexity index is 510.